The Bertz CT molecular complexity index is 283. The van der Waals surface area contributed by atoms with Gasteiger partial charge in [-0.25, -0.2) is 4.79 Å². The molecule has 1 aliphatic heterocycles. The summed E-state index contributed by atoms with van der Waals surface area (Å²) in [6, 6.07) is 0. The fourth-order valence-electron chi connectivity index (χ4n) is 2.06. The van der Waals surface area contributed by atoms with Crippen LogP contribution in [0.3, 0.4) is 0 Å². The number of hydrogen-bond donors (Lipinski definition) is 1. The van der Waals surface area contributed by atoms with Crippen molar-refractivity contribution in [1.29, 1.82) is 0 Å². The minimum Gasteiger partial charge on any atom is -0.467 e. The summed E-state index contributed by atoms with van der Waals surface area (Å²) in [5.41, 5.74) is -0.829. The quantitative estimate of drug-likeness (QED) is 0.511. The second kappa shape index (κ2) is 3.81. The van der Waals surface area contributed by atoms with Gasteiger partial charge in [-0.2, -0.15) is 0 Å². The third-order valence-corrected chi connectivity index (χ3v) is 2.48. The number of methoxy groups -OCH3 is 1. The van der Waals surface area contributed by atoms with E-state index < -0.39 is 5.54 Å². The summed E-state index contributed by atoms with van der Waals surface area (Å²) in [7, 11) is 7.30. The van der Waals surface area contributed by atoms with Gasteiger partial charge < -0.3 is 14.5 Å². The lowest BCUT2D eigenvalue weighted by Gasteiger charge is -2.34. The highest BCUT2D eigenvalue weighted by molar-refractivity contribution is 5.91. The SMILES string of the molecule is COC(=O)C1(C[N+](C)(C)C)CCC(=O)N1. The first kappa shape index (κ1) is 12.0. The number of nitrogens with one attached hydrogen (secondary N) is 1. The second-order valence-electron chi connectivity index (χ2n) is 5.07. The van der Waals surface area contributed by atoms with E-state index in [1.54, 1.807) is 0 Å². The molecule has 1 saturated heterocycles. The Morgan fingerprint density at radius 1 is 1.53 bits per heavy atom. The van der Waals surface area contributed by atoms with E-state index in [2.05, 4.69) is 5.32 Å². The molecule has 1 heterocycles. The van der Waals surface area contributed by atoms with E-state index in [-0.39, 0.29) is 11.9 Å². The molecule has 1 amide bonds. The molecule has 0 aliphatic carbocycles. The Balaban J connectivity index is 2.88. The smallest absolute Gasteiger partial charge is 0.337 e. The van der Waals surface area contributed by atoms with Crippen molar-refractivity contribution in [2.75, 3.05) is 34.8 Å². The molecule has 0 bridgehead atoms. The minimum atomic E-state index is -0.829. The van der Waals surface area contributed by atoms with Crippen LogP contribution in [0.15, 0.2) is 0 Å². The van der Waals surface area contributed by atoms with Crippen molar-refractivity contribution in [2.45, 2.75) is 18.4 Å². The third kappa shape index (κ3) is 2.68. The number of hydrogen-bond acceptors (Lipinski definition) is 3. The number of nitrogens with zero attached hydrogens (tertiary/aromatic N) is 1. The summed E-state index contributed by atoms with van der Waals surface area (Å²) in [6.07, 6.45) is 0.920. The molecule has 1 unspecified atom stereocenters. The largest absolute Gasteiger partial charge is 0.467 e. The van der Waals surface area contributed by atoms with Crippen LogP contribution < -0.4 is 5.32 Å². The summed E-state index contributed by atoms with van der Waals surface area (Å²) in [5.74, 6) is -0.421. The summed E-state index contributed by atoms with van der Waals surface area (Å²) in [6.45, 7) is 0.547. The number of likely N-dealkylation sites (N-methyl/N-ethyl adjacent to an activating group) is 1. The van der Waals surface area contributed by atoms with Crippen molar-refractivity contribution < 1.29 is 18.8 Å². The third-order valence-electron chi connectivity index (χ3n) is 2.48. The zero-order valence-corrected chi connectivity index (χ0v) is 9.79. The minimum absolute atomic E-state index is 0.0751. The summed E-state index contributed by atoms with van der Waals surface area (Å²) < 4.78 is 5.37. The first-order chi connectivity index (χ1) is 6.79. The molecular weight excluding hydrogens is 196 g/mol. The van der Waals surface area contributed by atoms with Crippen molar-refractivity contribution >= 4 is 11.9 Å². The van der Waals surface area contributed by atoms with Crippen LogP contribution in [0.1, 0.15) is 12.8 Å². The van der Waals surface area contributed by atoms with Gasteiger partial charge in [-0.15, -0.1) is 0 Å². The topological polar surface area (TPSA) is 55.4 Å². The molecule has 1 fully saturated rings. The van der Waals surface area contributed by atoms with E-state index in [4.69, 9.17) is 4.74 Å². The van der Waals surface area contributed by atoms with E-state index >= 15 is 0 Å². The molecular formula is C10H19N2O3+. The normalized spacial score (nSPS) is 26.3. The zero-order chi connectivity index (χ0) is 11.7. The fraction of sp³-hybridized carbons (Fsp3) is 0.800. The van der Waals surface area contributed by atoms with Gasteiger partial charge in [-0.3, -0.25) is 4.79 Å². The van der Waals surface area contributed by atoms with Gasteiger partial charge in [0.15, 0.2) is 5.54 Å². The van der Waals surface area contributed by atoms with E-state index in [1.165, 1.54) is 7.11 Å². The fourth-order valence-corrected chi connectivity index (χ4v) is 2.06. The number of amides is 1. The van der Waals surface area contributed by atoms with E-state index in [1.807, 2.05) is 21.1 Å². The average molecular weight is 215 g/mol. The van der Waals surface area contributed by atoms with E-state index in [0.29, 0.717) is 23.9 Å². The number of carbonyl (C=O) groups is 2. The van der Waals surface area contributed by atoms with Gasteiger partial charge in [0.05, 0.1) is 28.3 Å². The van der Waals surface area contributed by atoms with Gasteiger partial charge in [0.1, 0.15) is 6.54 Å². The van der Waals surface area contributed by atoms with Gasteiger partial charge in [-0.1, -0.05) is 0 Å². The molecule has 0 spiro atoms. The standard InChI is InChI=1S/C10H18N2O3/c1-12(2,3)7-10(9(14)15-4)6-5-8(13)11-10/h5-7H2,1-4H3/p+1. The summed E-state index contributed by atoms with van der Waals surface area (Å²) in [5, 5.41) is 2.75. The van der Waals surface area contributed by atoms with Crippen molar-refractivity contribution in [3.63, 3.8) is 0 Å². The van der Waals surface area contributed by atoms with Crippen LogP contribution in [-0.4, -0.2) is 56.7 Å². The van der Waals surface area contributed by atoms with Gasteiger partial charge in [-0.05, 0) is 6.42 Å². The lowest BCUT2D eigenvalue weighted by atomic mass is 9.96. The maximum atomic E-state index is 11.7. The second-order valence-corrected chi connectivity index (χ2v) is 5.07. The van der Waals surface area contributed by atoms with Crippen LogP contribution in [0, 0.1) is 0 Å². The number of quaternary nitrogens is 1. The van der Waals surface area contributed by atoms with Crippen LogP contribution in [-0.2, 0) is 14.3 Å². The van der Waals surface area contributed by atoms with E-state index in [9.17, 15) is 9.59 Å². The number of esters is 1. The molecule has 0 aromatic heterocycles. The van der Waals surface area contributed by atoms with Crippen LogP contribution in [0.4, 0.5) is 0 Å². The number of rotatable bonds is 3. The van der Waals surface area contributed by atoms with Crippen LogP contribution in [0.25, 0.3) is 0 Å². The molecule has 86 valence electrons. The van der Waals surface area contributed by atoms with Crippen LogP contribution >= 0.6 is 0 Å². The molecule has 1 atom stereocenters. The van der Waals surface area contributed by atoms with Gasteiger partial charge in [0, 0.05) is 6.42 Å². The van der Waals surface area contributed by atoms with Gasteiger partial charge in [0.25, 0.3) is 0 Å². The highest BCUT2D eigenvalue weighted by Gasteiger charge is 2.49. The summed E-state index contributed by atoms with van der Waals surface area (Å²) in [4.78, 5) is 23.0. The van der Waals surface area contributed by atoms with Gasteiger partial charge >= 0.3 is 5.97 Å². The Kier molecular flexibility index (Phi) is 3.04. The molecule has 1 rings (SSSR count). The van der Waals surface area contributed by atoms with Crippen LogP contribution in [0.2, 0.25) is 0 Å². The lowest BCUT2D eigenvalue weighted by molar-refractivity contribution is -0.873. The van der Waals surface area contributed by atoms with Gasteiger partial charge in [0.2, 0.25) is 5.91 Å². The molecule has 5 nitrogen and oxygen atoms in total. The molecule has 5 heteroatoms. The molecule has 0 radical (unpaired) electrons. The van der Waals surface area contributed by atoms with Crippen molar-refractivity contribution in [2.24, 2.45) is 0 Å². The Labute approximate surface area is 90.0 Å². The van der Waals surface area contributed by atoms with Crippen molar-refractivity contribution in [3.8, 4) is 0 Å². The molecule has 1 N–H and O–H groups in total. The Morgan fingerprint density at radius 3 is 2.47 bits per heavy atom. The maximum Gasteiger partial charge on any atom is 0.337 e. The van der Waals surface area contributed by atoms with E-state index in [0.717, 1.165) is 0 Å². The molecule has 0 aromatic carbocycles. The molecule has 1 aliphatic rings. The maximum absolute atomic E-state index is 11.7. The monoisotopic (exact) mass is 215 g/mol. The Hall–Kier alpha value is -1.10. The zero-order valence-electron chi connectivity index (χ0n) is 9.79. The molecule has 0 saturated carbocycles. The lowest BCUT2D eigenvalue weighted by Crippen LogP contribution is -2.60. The molecule has 15 heavy (non-hydrogen) atoms. The van der Waals surface area contributed by atoms with Crippen molar-refractivity contribution in [3.05, 3.63) is 0 Å². The number of carbonyl (C=O) groups excluding carboxylic acids is 2. The number of ether oxygens (including phenoxy) is 1. The van der Waals surface area contributed by atoms with Crippen molar-refractivity contribution in [1.82, 2.24) is 5.32 Å². The Morgan fingerprint density at radius 2 is 2.13 bits per heavy atom. The first-order valence-electron chi connectivity index (χ1n) is 4.99. The summed E-state index contributed by atoms with van der Waals surface area (Å²) >= 11 is 0. The first-order valence-corrected chi connectivity index (χ1v) is 4.99. The molecule has 0 aromatic rings. The highest BCUT2D eigenvalue weighted by atomic mass is 16.5. The highest BCUT2D eigenvalue weighted by Crippen LogP contribution is 2.24. The predicted octanol–water partition coefficient (Wildman–Crippen LogP) is -0.486. The predicted molar refractivity (Wildman–Crippen MR) is 55.0 cm³/mol. The van der Waals surface area contributed by atoms with Crippen LogP contribution in [0.5, 0.6) is 0 Å². The average Bonchev–Trinajstić information content (AvgIpc) is 2.44.